The second-order valence-electron chi connectivity index (χ2n) is 3.92. The summed E-state index contributed by atoms with van der Waals surface area (Å²) in [6.07, 6.45) is 0.758. The Hall–Kier alpha value is -1.81. The van der Waals surface area contributed by atoms with Crippen molar-refractivity contribution in [1.29, 1.82) is 0 Å². The summed E-state index contributed by atoms with van der Waals surface area (Å²) in [6, 6.07) is 13.2. The van der Waals surface area contributed by atoms with Crippen LogP contribution in [0, 0.1) is 0 Å². The molecule has 0 aliphatic rings. The number of carbonyl (C=O) groups excluding carboxylic acids is 1. The Labute approximate surface area is 120 Å². The molecule has 0 aromatic heterocycles. The van der Waals surface area contributed by atoms with Gasteiger partial charge in [0.25, 0.3) is 0 Å². The molecule has 0 fully saturated rings. The van der Waals surface area contributed by atoms with E-state index in [0.717, 1.165) is 16.3 Å². The van der Waals surface area contributed by atoms with Gasteiger partial charge in [0.15, 0.2) is 17.8 Å². The topological polar surface area (TPSA) is 35.5 Å². The zero-order valence-electron chi connectivity index (χ0n) is 10.4. The lowest BCUT2D eigenvalue weighted by molar-refractivity contribution is 0.111. The van der Waals surface area contributed by atoms with Gasteiger partial charge >= 0.3 is 0 Å². The van der Waals surface area contributed by atoms with E-state index >= 15 is 0 Å². The number of benzene rings is 2. The van der Waals surface area contributed by atoms with Crippen LogP contribution in [0.25, 0.3) is 0 Å². The van der Waals surface area contributed by atoms with Gasteiger partial charge in [0.05, 0.1) is 12.7 Å². The van der Waals surface area contributed by atoms with E-state index in [4.69, 9.17) is 9.47 Å². The van der Waals surface area contributed by atoms with Crippen LogP contribution in [-0.4, -0.2) is 13.4 Å². The molecular weight excluding hydrogens is 308 g/mol. The summed E-state index contributed by atoms with van der Waals surface area (Å²) < 4.78 is 11.7. The normalized spacial score (nSPS) is 10.0. The second kappa shape index (κ2) is 6.38. The first-order chi connectivity index (χ1) is 9.24. The predicted octanol–water partition coefficient (Wildman–Crippen LogP) is 3.85. The summed E-state index contributed by atoms with van der Waals surface area (Å²) >= 11 is 3.33. The minimum atomic E-state index is 0.389. The smallest absolute Gasteiger partial charge is 0.172 e. The number of carbonyl (C=O) groups is 1. The van der Waals surface area contributed by atoms with E-state index in [1.807, 2.05) is 30.3 Å². The molecule has 0 aliphatic heterocycles. The second-order valence-corrected chi connectivity index (χ2v) is 4.83. The number of hydrogen-bond acceptors (Lipinski definition) is 3. The molecule has 0 radical (unpaired) electrons. The maximum absolute atomic E-state index is 11.1. The Bertz CT molecular complexity index is 567. The van der Waals surface area contributed by atoms with Crippen LogP contribution in [0.15, 0.2) is 46.9 Å². The third-order valence-electron chi connectivity index (χ3n) is 2.62. The lowest BCUT2D eigenvalue weighted by atomic mass is 10.2. The van der Waals surface area contributed by atoms with Gasteiger partial charge in [0.1, 0.15) is 6.61 Å². The van der Waals surface area contributed by atoms with Crippen LogP contribution in [0.4, 0.5) is 0 Å². The molecule has 0 bridgehead atoms. The van der Waals surface area contributed by atoms with Crippen molar-refractivity contribution in [2.75, 3.05) is 7.11 Å². The number of hydrogen-bond donors (Lipinski definition) is 0. The van der Waals surface area contributed by atoms with Crippen molar-refractivity contribution in [3.05, 3.63) is 58.1 Å². The molecule has 0 atom stereocenters. The fourth-order valence-corrected chi connectivity index (χ4v) is 2.17. The number of aldehydes is 1. The van der Waals surface area contributed by atoms with Crippen LogP contribution in [0.2, 0.25) is 0 Å². The zero-order valence-corrected chi connectivity index (χ0v) is 12.0. The van der Waals surface area contributed by atoms with Crippen molar-refractivity contribution in [3.63, 3.8) is 0 Å². The van der Waals surface area contributed by atoms with Crippen molar-refractivity contribution in [2.45, 2.75) is 6.61 Å². The quantitative estimate of drug-likeness (QED) is 0.785. The van der Waals surface area contributed by atoms with Gasteiger partial charge in [-0.3, -0.25) is 4.79 Å². The van der Waals surface area contributed by atoms with Gasteiger partial charge in [-0.25, -0.2) is 0 Å². The van der Waals surface area contributed by atoms with Gasteiger partial charge in [0, 0.05) is 4.47 Å². The lowest BCUT2D eigenvalue weighted by Gasteiger charge is -2.13. The van der Waals surface area contributed by atoms with Gasteiger partial charge in [-0.2, -0.15) is 0 Å². The minimum absolute atomic E-state index is 0.389. The fourth-order valence-electron chi connectivity index (χ4n) is 1.71. The third kappa shape index (κ3) is 3.35. The fraction of sp³-hybridized carbons (Fsp3) is 0.133. The number of halogens is 1. The van der Waals surface area contributed by atoms with Gasteiger partial charge in [-0.05, 0) is 17.7 Å². The number of ether oxygens (including phenoxy) is 2. The van der Waals surface area contributed by atoms with E-state index in [9.17, 15) is 4.79 Å². The molecule has 0 spiro atoms. The summed E-state index contributed by atoms with van der Waals surface area (Å²) in [5.74, 6) is 0.997. The lowest BCUT2D eigenvalue weighted by Crippen LogP contribution is -2.01. The molecule has 0 heterocycles. The summed E-state index contributed by atoms with van der Waals surface area (Å²) in [7, 11) is 1.55. The Kier molecular flexibility index (Phi) is 4.58. The Morgan fingerprint density at radius 1 is 1.21 bits per heavy atom. The zero-order chi connectivity index (χ0) is 13.7. The van der Waals surface area contributed by atoms with Gasteiger partial charge in [-0.15, -0.1) is 0 Å². The highest BCUT2D eigenvalue weighted by Gasteiger charge is 2.12. The van der Waals surface area contributed by atoms with Crippen LogP contribution in [0.3, 0.4) is 0 Å². The highest BCUT2D eigenvalue weighted by molar-refractivity contribution is 9.10. The van der Waals surface area contributed by atoms with Crippen molar-refractivity contribution in [3.8, 4) is 11.5 Å². The molecule has 2 rings (SSSR count). The van der Waals surface area contributed by atoms with Crippen molar-refractivity contribution in [1.82, 2.24) is 0 Å². The first kappa shape index (κ1) is 13.6. The molecule has 3 nitrogen and oxygen atoms in total. The van der Waals surface area contributed by atoms with E-state index < -0.39 is 0 Å². The summed E-state index contributed by atoms with van der Waals surface area (Å²) in [5.41, 5.74) is 1.49. The van der Waals surface area contributed by atoms with Crippen molar-refractivity contribution >= 4 is 22.2 Å². The largest absolute Gasteiger partial charge is 0.493 e. The Morgan fingerprint density at radius 2 is 1.95 bits per heavy atom. The molecule has 0 saturated heterocycles. The monoisotopic (exact) mass is 320 g/mol. The first-order valence-electron chi connectivity index (χ1n) is 5.74. The average Bonchev–Trinajstić information content (AvgIpc) is 2.46. The SMILES string of the molecule is COc1cc(Br)cc(C=O)c1OCc1ccccc1. The van der Waals surface area contributed by atoms with Crippen LogP contribution in [-0.2, 0) is 6.61 Å². The molecule has 0 unspecified atom stereocenters. The molecule has 0 aliphatic carbocycles. The molecular formula is C15H13BrO3. The Balaban J connectivity index is 2.26. The third-order valence-corrected chi connectivity index (χ3v) is 3.08. The van der Waals surface area contributed by atoms with Gasteiger partial charge < -0.3 is 9.47 Å². The molecule has 2 aromatic carbocycles. The molecule has 2 aromatic rings. The van der Waals surface area contributed by atoms with Crippen LogP contribution in [0.5, 0.6) is 11.5 Å². The highest BCUT2D eigenvalue weighted by atomic mass is 79.9. The first-order valence-corrected chi connectivity index (χ1v) is 6.53. The standard InChI is InChI=1S/C15H13BrO3/c1-18-14-8-13(16)7-12(9-17)15(14)19-10-11-5-3-2-4-6-11/h2-9H,10H2,1H3. The molecule has 19 heavy (non-hydrogen) atoms. The predicted molar refractivity (Wildman–Crippen MR) is 76.9 cm³/mol. The average molecular weight is 321 g/mol. The maximum atomic E-state index is 11.1. The number of methoxy groups -OCH3 is 1. The minimum Gasteiger partial charge on any atom is -0.493 e. The van der Waals surface area contributed by atoms with E-state index in [1.54, 1.807) is 19.2 Å². The molecule has 98 valence electrons. The summed E-state index contributed by atoms with van der Waals surface area (Å²) in [4.78, 5) is 11.1. The van der Waals surface area contributed by atoms with E-state index in [-0.39, 0.29) is 0 Å². The van der Waals surface area contributed by atoms with E-state index in [0.29, 0.717) is 23.7 Å². The summed E-state index contributed by atoms with van der Waals surface area (Å²) in [6.45, 7) is 0.389. The molecule has 0 N–H and O–H groups in total. The van der Waals surface area contributed by atoms with Gasteiger partial charge in [-0.1, -0.05) is 46.3 Å². The highest BCUT2D eigenvalue weighted by Crippen LogP contribution is 2.34. The van der Waals surface area contributed by atoms with Gasteiger partial charge in [0.2, 0.25) is 0 Å². The molecule has 0 saturated carbocycles. The van der Waals surface area contributed by atoms with E-state index in [1.165, 1.54) is 0 Å². The van der Waals surface area contributed by atoms with Crippen molar-refractivity contribution in [2.24, 2.45) is 0 Å². The Morgan fingerprint density at radius 3 is 2.58 bits per heavy atom. The van der Waals surface area contributed by atoms with Crippen LogP contribution < -0.4 is 9.47 Å². The van der Waals surface area contributed by atoms with Crippen LogP contribution >= 0.6 is 15.9 Å². The summed E-state index contributed by atoms with van der Waals surface area (Å²) in [5, 5.41) is 0. The molecule has 4 heteroatoms. The molecule has 0 amide bonds. The maximum Gasteiger partial charge on any atom is 0.172 e. The van der Waals surface area contributed by atoms with Crippen molar-refractivity contribution < 1.29 is 14.3 Å². The number of rotatable bonds is 5. The van der Waals surface area contributed by atoms with Crippen LogP contribution in [0.1, 0.15) is 15.9 Å². The van der Waals surface area contributed by atoms with E-state index in [2.05, 4.69) is 15.9 Å².